The van der Waals surface area contributed by atoms with Crippen molar-refractivity contribution in [1.82, 2.24) is 9.88 Å². The number of aliphatic hydroxyl groups excluding tert-OH is 1. The first kappa shape index (κ1) is 17.0. The van der Waals surface area contributed by atoms with Crippen molar-refractivity contribution in [2.75, 3.05) is 13.7 Å². The first-order valence-corrected chi connectivity index (χ1v) is 8.89. The molecule has 2 aromatic rings. The molecule has 0 aliphatic heterocycles. The van der Waals surface area contributed by atoms with Crippen molar-refractivity contribution in [3.8, 4) is 0 Å². The maximum Gasteiger partial charge on any atom is 0.253 e. The van der Waals surface area contributed by atoms with Crippen molar-refractivity contribution in [3.05, 3.63) is 46.5 Å². The van der Waals surface area contributed by atoms with Gasteiger partial charge in [0, 0.05) is 29.4 Å². The zero-order valence-corrected chi connectivity index (χ0v) is 14.6. The van der Waals surface area contributed by atoms with Crippen molar-refractivity contribution in [1.29, 1.82) is 0 Å². The minimum atomic E-state index is -0.184. The quantitative estimate of drug-likeness (QED) is 0.823. The highest BCUT2D eigenvalue weighted by molar-refractivity contribution is 8.00. The molecule has 1 aromatic carbocycles. The van der Waals surface area contributed by atoms with Crippen LogP contribution in [0.25, 0.3) is 0 Å². The largest absolute Gasteiger partial charge is 0.394 e. The smallest absolute Gasteiger partial charge is 0.253 e. The number of nitrogens with zero attached hydrogens (tertiary/aromatic N) is 2. The van der Waals surface area contributed by atoms with Crippen LogP contribution in [0.5, 0.6) is 0 Å². The number of rotatable bonds is 6. The maximum atomic E-state index is 12.2. The number of hydrogen-bond donors (Lipinski definition) is 1. The molecule has 118 valence electrons. The molecule has 0 saturated heterocycles. The Hall–Kier alpha value is -1.37. The van der Waals surface area contributed by atoms with Gasteiger partial charge >= 0.3 is 0 Å². The highest BCUT2D eigenvalue weighted by atomic mass is 32.2. The summed E-state index contributed by atoms with van der Waals surface area (Å²) in [6.45, 7) is 3.77. The van der Waals surface area contributed by atoms with Gasteiger partial charge in [-0.3, -0.25) is 4.79 Å². The summed E-state index contributed by atoms with van der Waals surface area (Å²) in [6, 6.07) is 7.43. The molecule has 1 amide bonds. The van der Waals surface area contributed by atoms with Crippen molar-refractivity contribution in [2.45, 2.75) is 30.0 Å². The average Bonchev–Trinajstić information content (AvgIpc) is 2.96. The van der Waals surface area contributed by atoms with E-state index in [1.807, 2.05) is 43.5 Å². The molecule has 0 radical (unpaired) electrons. The molecule has 2 rings (SSSR count). The Kier molecular flexibility index (Phi) is 5.99. The van der Waals surface area contributed by atoms with Crippen LogP contribution in [0, 0.1) is 6.92 Å². The Morgan fingerprint density at radius 2 is 2.09 bits per heavy atom. The fourth-order valence-corrected chi connectivity index (χ4v) is 3.62. The molecule has 1 aromatic heterocycles. The second kappa shape index (κ2) is 7.76. The number of benzene rings is 1. The number of carbonyl (C=O) groups excluding carboxylic acids is 1. The number of carbonyl (C=O) groups is 1. The molecule has 6 heteroatoms. The number of thioether (sulfide) groups is 1. The molecular formula is C16H20N2O2S2. The Morgan fingerprint density at radius 1 is 1.41 bits per heavy atom. The van der Waals surface area contributed by atoms with Gasteiger partial charge in [-0.05, 0) is 31.5 Å². The van der Waals surface area contributed by atoms with Gasteiger partial charge in [-0.25, -0.2) is 4.98 Å². The molecule has 0 aliphatic carbocycles. The molecule has 22 heavy (non-hydrogen) atoms. The fraction of sp³-hybridized carbons (Fsp3) is 0.375. The molecule has 1 unspecified atom stereocenters. The second-order valence-electron chi connectivity index (χ2n) is 5.19. The number of amides is 1. The van der Waals surface area contributed by atoms with Crippen molar-refractivity contribution in [2.24, 2.45) is 0 Å². The summed E-state index contributed by atoms with van der Waals surface area (Å²) in [7, 11) is 1.71. The van der Waals surface area contributed by atoms with Gasteiger partial charge < -0.3 is 10.0 Å². The lowest BCUT2D eigenvalue weighted by Gasteiger charge is -2.23. The summed E-state index contributed by atoms with van der Waals surface area (Å²) in [5, 5.41) is 11.2. The molecule has 0 fully saturated rings. The van der Waals surface area contributed by atoms with Crippen LogP contribution >= 0.6 is 23.1 Å². The molecule has 4 nitrogen and oxygen atoms in total. The predicted molar refractivity (Wildman–Crippen MR) is 91.5 cm³/mol. The van der Waals surface area contributed by atoms with Crippen LogP contribution in [-0.4, -0.2) is 40.6 Å². The SMILES string of the molecule is Cc1csc(SCc2ccc(C(=O)N(C)C(C)CO)cc2)n1. The van der Waals surface area contributed by atoms with Gasteiger partial charge in [-0.15, -0.1) is 11.3 Å². The van der Waals surface area contributed by atoms with Gasteiger partial charge in [0.05, 0.1) is 12.6 Å². The lowest BCUT2D eigenvalue weighted by Crippen LogP contribution is -2.37. The van der Waals surface area contributed by atoms with E-state index >= 15 is 0 Å². The molecule has 0 saturated carbocycles. The molecule has 0 bridgehead atoms. The van der Waals surface area contributed by atoms with Gasteiger partial charge in [0.15, 0.2) is 0 Å². The zero-order valence-electron chi connectivity index (χ0n) is 12.9. The highest BCUT2D eigenvalue weighted by Crippen LogP contribution is 2.26. The number of aromatic nitrogens is 1. The molecule has 1 N–H and O–H groups in total. The minimum Gasteiger partial charge on any atom is -0.394 e. The van der Waals surface area contributed by atoms with E-state index in [-0.39, 0.29) is 18.6 Å². The fourth-order valence-electron chi connectivity index (χ4n) is 1.81. The monoisotopic (exact) mass is 336 g/mol. The number of hydrogen-bond acceptors (Lipinski definition) is 5. The first-order valence-electron chi connectivity index (χ1n) is 7.03. The van der Waals surface area contributed by atoms with Crippen molar-refractivity contribution < 1.29 is 9.90 Å². The van der Waals surface area contributed by atoms with E-state index in [4.69, 9.17) is 5.11 Å². The summed E-state index contributed by atoms with van der Waals surface area (Å²) in [5.74, 6) is 0.765. The summed E-state index contributed by atoms with van der Waals surface area (Å²) in [4.78, 5) is 18.2. The van der Waals surface area contributed by atoms with E-state index in [2.05, 4.69) is 4.98 Å². The Labute approximate surface area is 139 Å². The van der Waals surface area contributed by atoms with Crippen LogP contribution in [0.3, 0.4) is 0 Å². The lowest BCUT2D eigenvalue weighted by molar-refractivity contribution is 0.0682. The van der Waals surface area contributed by atoms with Crippen LogP contribution in [0.15, 0.2) is 34.0 Å². The van der Waals surface area contributed by atoms with E-state index < -0.39 is 0 Å². The highest BCUT2D eigenvalue weighted by Gasteiger charge is 2.16. The maximum absolute atomic E-state index is 12.2. The number of likely N-dealkylation sites (N-methyl/N-ethyl adjacent to an activating group) is 1. The van der Waals surface area contributed by atoms with Gasteiger partial charge in [-0.2, -0.15) is 0 Å². The first-order chi connectivity index (χ1) is 10.5. The average molecular weight is 336 g/mol. The second-order valence-corrected chi connectivity index (χ2v) is 7.27. The van der Waals surface area contributed by atoms with Crippen molar-refractivity contribution >= 4 is 29.0 Å². The van der Waals surface area contributed by atoms with E-state index in [9.17, 15) is 4.79 Å². The standard InChI is InChI=1S/C16H20N2O2S2/c1-11-9-21-16(17-11)22-10-13-4-6-14(7-5-13)15(20)18(3)12(2)8-19/h4-7,9,12,19H,8,10H2,1-3H3. The zero-order chi connectivity index (χ0) is 16.1. The third kappa shape index (κ3) is 4.32. The topological polar surface area (TPSA) is 53.4 Å². The predicted octanol–water partition coefficient (Wildman–Crippen LogP) is 3.20. The molecule has 1 atom stereocenters. The number of aryl methyl sites for hydroxylation is 1. The van der Waals surface area contributed by atoms with E-state index in [1.165, 1.54) is 0 Å². The molecule has 0 spiro atoms. The molecule has 1 heterocycles. The molecule has 0 aliphatic rings. The van der Waals surface area contributed by atoms with Gasteiger partial charge in [0.25, 0.3) is 5.91 Å². The van der Waals surface area contributed by atoms with Crippen molar-refractivity contribution in [3.63, 3.8) is 0 Å². The van der Waals surface area contributed by atoms with E-state index in [0.29, 0.717) is 5.56 Å². The lowest BCUT2D eigenvalue weighted by atomic mass is 10.1. The van der Waals surface area contributed by atoms with Crippen LogP contribution in [0.4, 0.5) is 0 Å². The van der Waals surface area contributed by atoms with Gasteiger partial charge in [0.2, 0.25) is 0 Å². The van der Waals surface area contributed by atoms with Crippen LogP contribution in [0.2, 0.25) is 0 Å². The van der Waals surface area contributed by atoms with Gasteiger partial charge in [0.1, 0.15) is 4.34 Å². The van der Waals surface area contributed by atoms with Crippen LogP contribution in [0.1, 0.15) is 28.5 Å². The Morgan fingerprint density at radius 3 is 2.64 bits per heavy atom. The normalized spacial score (nSPS) is 12.2. The third-order valence-corrected chi connectivity index (χ3v) is 5.62. The van der Waals surface area contributed by atoms with E-state index in [0.717, 1.165) is 21.3 Å². The number of aliphatic hydroxyl groups is 1. The minimum absolute atomic E-state index is 0.0375. The molecular weight excluding hydrogens is 316 g/mol. The summed E-state index contributed by atoms with van der Waals surface area (Å²) in [6.07, 6.45) is 0. The van der Waals surface area contributed by atoms with Gasteiger partial charge in [-0.1, -0.05) is 23.9 Å². The van der Waals surface area contributed by atoms with Crippen LogP contribution < -0.4 is 0 Å². The summed E-state index contributed by atoms with van der Waals surface area (Å²) >= 11 is 3.36. The Bertz CT molecular complexity index is 625. The summed E-state index contributed by atoms with van der Waals surface area (Å²) < 4.78 is 1.06. The number of thiazole rings is 1. The van der Waals surface area contributed by atoms with E-state index in [1.54, 1.807) is 35.0 Å². The Balaban J connectivity index is 1.96. The summed E-state index contributed by atoms with van der Waals surface area (Å²) in [5.41, 5.74) is 2.85. The third-order valence-electron chi connectivity index (χ3n) is 3.41. The van der Waals surface area contributed by atoms with Crippen LogP contribution in [-0.2, 0) is 5.75 Å².